The van der Waals surface area contributed by atoms with Crippen LogP contribution in [0.4, 0.5) is 8.78 Å². The molecule has 2 aromatic carbocycles. The van der Waals surface area contributed by atoms with Crippen LogP contribution in [0.2, 0.25) is 0 Å². The monoisotopic (exact) mass is 465 g/mol. The number of rotatable bonds is 7. The zero-order valence-electron chi connectivity index (χ0n) is 17.7. The minimum atomic E-state index is -4.46. The van der Waals surface area contributed by atoms with Crippen molar-refractivity contribution in [2.24, 2.45) is 7.05 Å². The Kier molecular flexibility index (Phi) is 6.49. The lowest BCUT2D eigenvalue weighted by atomic mass is 10.2. The molecule has 3 aromatic rings. The highest BCUT2D eigenvalue weighted by Crippen LogP contribution is 2.34. The summed E-state index contributed by atoms with van der Waals surface area (Å²) >= 11 is 0. The van der Waals surface area contributed by atoms with Crippen molar-refractivity contribution in [1.29, 1.82) is 0 Å². The Morgan fingerprint density at radius 3 is 2.28 bits per heavy atom. The molecule has 0 saturated heterocycles. The molecule has 32 heavy (non-hydrogen) atoms. The number of hydrogen-bond donors (Lipinski definition) is 1. The van der Waals surface area contributed by atoms with Gasteiger partial charge in [-0.3, -0.25) is 4.79 Å². The molecule has 1 heterocycles. The molecule has 1 amide bonds. The Labute approximate surface area is 183 Å². The van der Waals surface area contributed by atoms with E-state index in [4.69, 9.17) is 9.47 Å². The van der Waals surface area contributed by atoms with Gasteiger partial charge in [0, 0.05) is 13.2 Å². The van der Waals surface area contributed by atoms with Crippen molar-refractivity contribution in [3.05, 3.63) is 59.9 Å². The smallest absolute Gasteiger partial charge is 0.285 e. The number of benzene rings is 2. The minimum absolute atomic E-state index is 0.00483. The van der Waals surface area contributed by atoms with Gasteiger partial charge < -0.3 is 14.0 Å². The number of methoxy groups -OCH3 is 1. The van der Waals surface area contributed by atoms with Crippen molar-refractivity contribution < 1.29 is 31.5 Å². The molecule has 3 rings (SSSR count). The molecule has 0 spiro atoms. The second-order valence-corrected chi connectivity index (χ2v) is 8.67. The first kappa shape index (κ1) is 23.2. The van der Waals surface area contributed by atoms with Crippen molar-refractivity contribution in [2.75, 3.05) is 7.11 Å². The highest BCUT2D eigenvalue weighted by Gasteiger charge is 2.29. The third-order valence-corrected chi connectivity index (χ3v) is 5.71. The van der Waals surface area contributed by atoms with E-state index >= 15 is 0 Å². The Morgan fingerprint density at radius 1 is 1.09 bits per heavy atom. The first-order valence-electron chi connectivity index (χ1n) is 9.43. The Morgan fingerprint density at radius 2 is 1.69 bits per heavy atom. The lowest BCUT2D eigenvalue weighted by Crippen LogP contribution is -2.31. The molecule has 0 aliphatic heterocycles. The van der Waals surface area contributed by atoms with Gasteiger partial charge in [-0.15, -0.1) is 0 Å². The predicted octanol–water partition coefficient (Wildman–Crippen LogP) is 3.28. The summed E-state index contributed by atoms with van der Waals surface area (Å²) in [4.78, 5) is 16.3. The van der Waals surface area contributed by atoms with Crippen LogP contribution in [-0.2, 0) is 17.1 Å². The number of nitrogens with one attached hydrogen (secondary N) is 1. The molecule has 0 aliphatic carbocycles. The summed E-state index contributed by atoms with van der Waals surface area (Å²) in [5, 5.41) is 0. The van der Waals surface area contributed by atoms with Crippen molar-refractivity contribution >= 4 is 15.9 Å². The van der Waals surface area contributed by atoms with Gasteiger partial charge in [0.25, 0.3) is 15.9 Å². The van der Waals surface area contributed by atoms with E-state index in [2.05, 4.69) is 4.98 Å². The molecule has 0 fully saturated rings. The number of amides is 1. The summed E-state index contributed by atoms with van der Waals surface area (Å²) in [6.07, 6.45) is 0.820. The Balaban J connectivity index is 1.98. The number of imidazole rings is 1. The molecule has 0 bridgehead atoms. The topological polar surface area (TPSA) is 99.5 Å². The highest BCUT2D eigenvalue weighted by molar-refractivity contribution is 7.90. The maximum Gasteiger partial charge on any atom is 0.285 e. The van der Waals surface area contributed by atoms with E-state index < -0.39 is 33.1 Å². The van der Waals surface area contributed by atoms with Crippen LogP contribution < -0.4 is 14.2 Å². The fourth-order valence-corrected chi connectivity index (χ4v) is 4.26. The second kappa shape index (κ2) is 8.95. The quantitative estimate of drug-likeness (QED) is 0.575. The van der Waals surface area contributed by atoms with Crippen molar-refractivity contribution in [2.45, 2.75) is 24.8 Å². The van der Waals surface area contributed by atoms with Crippen LogP contribution in [0.15, 0.2) is 47.5 Å². The molecule has 0 atom stereocenters. The molecule has 1 N–H and O–H groups in total. The van der Waals surface area contributed by atoms with Crippen LogP contribution >= 0.6 is 0 Å². The van der Waals surface area contributed by atoms with Gasteiger partial charge in [-0.1, -0.05) is 12.1 Å². The molecule has 8 nitrogen and oxygen atoms in total. The maximum atomic E-state index is 14.1. The van der Waals surface area contributed by atoms with Gasteiger partial charge in [-0.2, -0.15) is 0 Å². The summed E-state index contributed by atoms with van der Waals surface area (Å²) in [7, 11) is -1.75. The van der Waals surface area contributed by atoms with Gasteiger partial charge in [-0.25, -0.2) is 26.9 Å². The molecular formula is C21H21F2N3O5S. The van der Waals surface area contributed by atoms with Gasteiger partial charge in [0.1, 0.15) is 34.7 Å². The number of carbonyl (C=O) groups is 1. The number of hydrogen-bond acceptors (Lipinski definition) is 6. The zero-order valence-corrected chi connectivity index (χ0v) is 18.5. The standard InChI is InChI=1S/C21H21F2N3O5S/c1-12(2)31-17-10-6-9-16(30-4)19(17)32(28,29)25-21(27)15-11-26(3)20(24-15)18-13(22)7-5-8-14(18)23/h5-12H,1-4H3,(H,25,27). The van der Waals surface area contributed by atoms with Crippen molar-refractivity contribution in [1.82, 2.24) is 14.3 Å². The lowest BCUT2D eigenvalue weighted by Gasteiger charge is -2.17. The molecule has 0 aliphatic rings. The normalized spacial score (nSPS) is 11.5. The number of halogens is 2. The van der Waals surface area contributed by atoms with Crippen LogP contribution in [0.5, 0.6) is 11.5 Å². The van der Waals surface area contributed by atoms with Gasteiger partial charge in [0.2, 0.25) is 0 Å². The number of aryl methyl sites for hydroxylation is 1. The first-order chi connectivity index (χ1) is 15.0. The first-order valence-corrected chi connectivity index (χ1v) is 10.9. The fraction of sp³-hybridized carbons (Fsp3) is 0.238. The molecule has 170 valence electrons. The lowest BCUT2D eigenvalue weighted by molar-refractivity contribution is 0.0977. The molecule has 0 saturated carbocycles. The number of carbonyl (C=O) groups excluding carboxylic acids is 1. The van der Waals surface area contributed by atoms with Crippen LogP contribution in [0, 0.1) is 11.6 Å². The van der Waals surface area contributed by atoms with Gasteiger partial charge in [0.05, 0.1) is 18.8 Å². The number of aromatic nitrogens is 2. The van der Waals surface area contributed by atoms with E-state index in [0.717, 1.165) is 12.1 Å². The van der Waals surface area contributed by atoms with E-state index in [1.807, 2.05) is 4.72 Å². The van der Waals surface area contributed by atoms with Gasteiger partial charge in [-0.05, 0) is 38.1 Å². The highest BCUT2D eigenvalue weighted by atomic mass is 32.2. The Bertz CT molecular complexity index is 1250. The predicted molar refractivity (Wildman–Crippen MR) is 112 cm³/mol. The van der Waals surface area contributed by atoms with E-state index in [1.54, 1.807) is 19.9 Å². The average molecular weight is 465 g/mol. The van der Waals surface area contributed by atoms with E-state index in [1.165, 1.54) is 43.1 Å². The molecule has 1 aromatic heterocycles. The third kappa shape index (κ3) is 4.57. The number of sulfonamides is 1. The zero-order chi connectivity index (χ0) is 23.6. The molecule has 11 heteroatoms. The van der Waals surface area contributed by atoms with E-state index in [9.17, 15) is 22.0 Å². The van der Waals surface area contributed by atoms with Gasteiger partial charge >= 0.3 is 0 Å². The van der Waals surface area contributed by atoms with Gasteiger partial charge in [0.15, 0.2) is 4.90 Å². The fourth-order valence-electron chi connectivity index (χ4n) is 3.01. The van der Waals surface area contributed by atoms with Crippen molar-refractivity contribution in [3.63, 3.8) is 0 Å². The summed E-state index contributed by atoms with van der Waals surface area (Å²) in [5.74, 6) is -3.05. The van der Waals surface area contributed by atoms with Crippen LogP contribution in [0.1, 0.15) is 24.3 Å². The number of ether oxygens (including phenoxy) is 2. The van der Waals surface area contributed by atoms with Crippen LogP contribution in [0.25, 0.3) is 11.4 Å². The summed E-state index contributed by atoms with van der Waals surface area (Å²) < 4.78 is 68.1. The summed E-state index contributed by atoms with van der Waals surface area (Å²) in [6.45, 7) is 3.43. The third-order valence-electron chi connectivity index (χ3n) is 4.32. The van der Waals surface area contributed by atoms with E-state index in [-0.39, 0.29) is 34.0 Å². The SMILES string of the molecule is COc1cccc(OC(C)C)c1S(=O)(=O)NC(=O)c1cn(C)c(-c2c(F)cccc2F)n1. The van der Waals surface area contributed by atoms with Crippen molar-refractivity contribution in [3.8, 4) is 22.9 Å². The van der Waals surface area contributed by atoms with E-state index in [0.29, 0.717) is 0 Å². The molecular weight excluding hydrogens is 444 g/mol. The Hall–Kier alpha value is -3.47. The summed E-state index contributed by atoms with van der Waals surface area (Å²) in [6, 6.07) is 7.69. The van der Waals surface area contributed by atoms with Crippen LogP contribution in [-0.4, -0.2) is 37.1 Å². The van der Waals surface area contributed by atoms with Crippen LogP contribution in [0.3, 0.4) is 0 Å². The molecule has 0 unspecified atom stereocenters. The minimum Gasteiger partial charge on any atom is -0.495 e. The number of nitrogens with zero attached hydrogens (tertiary/aromatic N) is 2. The average Bonchev–Trinajstić information content (AvgIpc) is 3.08. The largest absolute Gasteiger partial charge is 0.495 e. The summed E-state index contributed by atoms with van der Waals surface area (Å²) in [5.41, 5.74) is -0.788. The molecule has 0 radical (unpaired) electrons. The maximum absolute atomic E-state index is 14.1. The second-order valence-electron chi connectivity index (χ2n) is 7.05.